The molecule has 1 rings (SSSR count). The van der Waals surface area contributed by atoms with Crippen molar-refractivity contribution < 1.29 is 27.5 Å². The van der Waals surface area contributed by atoms with E-state index < -0.39 is 34.0 Å². The third-order valence-electron chi connectivity index (χ3n) is 3.11. The molecule has 0 aromatic heterocycles. The molecule has 0 unspecified atom stereocenters. The average molecular weight is 397 g/mol. The molecule has 148 valence electrons. The predicted octanol–water partition coefficient (Wildman–Crippen LogP) is 0.930. The van der Waals surface area contributed by atoms with Gasteiger partial charge in [-0.3, -0.25) is 10.1 Å². The number of carbonyl (C=O) groups excluding carboxylic acids is 3. The van der Waals surface area contributed by atoms with Crippen LogP contribution in [0.25, 0.3) is 0 Å². The van der Waals surface area contributed by atoms with Crippen LogP contribution in [0.5, 0.6) is 0 Å². The monoisotopic (exact) mass is 397 g/mol. The average Bonchev–Trinajstić information content (AvgIpc) is 2.59. The van der Waals surface area contributed by atoms with Gasteiger partial charge in [-0.1, -0.05) is 12.1 Å². The number of amides is 3. The van der Waals surface area contributed by atoms with Gasteiger partial charge in [-0.2, -0.15) is 0 Å². The van der Waals surface area contributed by atoms with Crippen LogP contribution in [0.2, 0.25) is 0 Å². The molecule has 1 aromatic rings. The lowest BCUT2D eigenvalue weighted by Crippen LogP contribution is -2.46. The van der Waals surface area contributed by atoms with Gasteiger partial charge in [0.1, 0.15) is 0 Å². The standard InChI is InChI=1S/C17H23N3O6S/c1-5-9-18-27(24,25)14-8-6-7-13(10-14)16(22)26-12(4)15(21)20-17(23)19-11(2)3/h5-8,10-12,18H,1,9H2,2-4H3,(H2,19,20,21,23)/t12-/m0/s1. The molecular formula is C17H23N3O6S. The van der Waals surface area contributed by atoms with Crippen LogP contribution in [-0.2, 0) is 19.6 Å². The zero-order valence-corrected chi connectivity index (χ0v) is 16.1. The third kappa shape index (κ3) is 7.19. The molecule has 0 saturated carbocycles. The first kappa shape index (κ1) is 22.3. The van der Waals surface area contributed by atoms with Gasteiger partial charge in [-0.25, -0.2) is 22.7 Å². The van der Waals surface area contributed by atoms with Crippen molar-refractivity contribution >= 4 is 27.9 Å². The lowest BCUT2D eigenvalue weighted by molar-refractivity contribution is -0.127. The highest BCUT2D eigenvalue weighted by Crippen LogP contribution is 2.13. The molecule has 0 saturated heterocycles. The summed E-state index contributed by atoms with van der Waals surface area (Å²) >= 11 is 0. The number of benzene rings is 1. The van der Waals surface area contributed by atoms with Crippen molar-refractivity contribution in [3.8, 4) is 0 Å². The number of carbonyl (C=O) groups is 3. The maximum Gasteiger partial charge on any atom is 0.338 e. The second-order valence-electron chi connectivity index (χ2n) is 5.83. The Hall–Kier alpha value is -2.72. The van der Waals surface area contributed by atoms with E-state index >= 15 is 0 Å². The second kappa shape index (κ2) is 9.83. The summed E-state index contributed by atoms with van der Waals surface area (Å²) in [5.41, 5.74) is -0.0530. The molecule has 0 bridgehead atoms. The quantitative estimate of drug-likeness (QED) is 0.442. The van der Waals surface area contributed by atoms with Crippen LogP contribution in [0, 0.1) is 0 Å². The van der Waals surface area contributed by atoms with Crippen LogP contribution in [0.15, 0.2) is 41.8 Å². The Morgan fingerprint density at radius 1 is 1.22 bits per heavy atom. The summed E-state index contributed by atoms with van der Waals surface area (Å²) in [6.07, 6.45) is 0.125. The fourth-order valence-electron chi connectivity index (χ4n) is 1.84. The highest BCUT2D eigenvalue weighted by molar-refractivity contribution is 7.89. The number of imide groups is 1. The molecule has 1 aromatic carbocycles. The van der Waals surface area contributed by atoms with E-state index in [1.165, 1.54) is 31.2 Å². The van der Waals surface area contributed by atoms with Crippen molar-refractivity contribution in [2.24, 2.45) is 0 Å². The molecule has 3 amide bonds. The van der Waals surface area contributed by atoms with Gasteiger partial charge in [-0.15, -0.1) is 6.58 Å². The van der Waals surface area contributed by atoms with Crippen molar-refractivity contribution in [2.45, 2.75) is 37.8 Å². The summed E-state index contributed by atoms with van der Waals surface area (Å²) < 4.78 is 31.4. The van der Waals surface area contributed by atoms with E-state index in [-0.39, 0.29) is 23.0 Å². The van der Waals surface area contributed by atoms with E-state index in [1.54, 1.807) is 13.8 Å². The Balaban J connectivity index is 2.80. The van der Waals surface area contributed by atoms with Crippen LogP contribution in [0.4, 0.5) is 4.79 Å². The van der Waals surface area contributed by atoms with Crippen LogP contribution in [0.3, 0.4) is 0 Å². The second-order valence-corrected chi connectivity index (χ2v) is 7.60. The number of nitrogens with one attached hydrogen (secondary N) is 3. The van der Waals surface area contributed by atoms with E-state index in [1.807, 2.05) is 5.32 Å². The van der Waals surface area contributed by atoms with Crippen molar-refractivity contribution in [1.29, 1.82) is 0 Å². The summed E-state index contributed by atoms with van der Waals surface area (Å²) in [5.74, 6) is -1.71. The molecule has 0 fully saturated rings. The number of sulfonamides is 1. The Morgan fingerprint density at radius 3 is 2.48 bits per heavy atom. The lowest BCUT2D eigenvalue weighted by Gasteiger charge is -2.14. The van der Waals surface area contributed by atoms with Gasteiger partial charge < -0.3 is 10.1 Å². The summed E-state index contributed by atoms with van der Waals surface area (Å²) in [7, 11) is -3.81. The van der Waals surface area contributed by atoms with E-state index in [2.05, 4.69) is 16.6 Å². The zero-order valence-electron chi connectivity index (χ0n) is 15.3. The number of esters is 1. The summed E-state index contributed by atoms with van der Waals surface area (Å²) in [5, 5.41) is 4.51. The predicted molar refractivity (Wildman–Crippen MR) is 98.5 cm³/mol. The SMILES string of the molecule is C=CCNS(=O)(=O)c1cccc(C(=O)O[C@@H](C)C(=O)NC(=O)NC(C)C)c1. The minimum absolute atomic E-state index is 0.0344. The maximum absolute atomic E-state index is 12.2. The summed E-state index contributed by atoms with van der Waals surface area (Å²) in [6.45, 7) is 8.19. The van der Waals surface area contributed by atoms with Gasteiger partial charge in [0.05, 0.1) is 10.5 Å². The number of hydrogen-bond donors (Lipinski definition) is 3. The Bertz CT molecular complexity index is 820. The highest BCUT2D eigenvalue weighted by Gasteiger charge is 2.22. The minimum atomic E-state index is -3.81. The summed E-state index contributed by atoms with van der Waals surface area (Å²) in [6, 6.07) is 4.29. The van der Waals surface area contributed by atoms with Crippen LogP contribution < -0.4 is 15.4 Å². The Kier molecular flexibility index (Phi) is 8.13. The van der Waals surface area contributed by atoms with E-state index in [4.69, 9.17) is 4.74 Å². The molecular weight excluding hydrogens is 374 g/mol. The molecule has 0 aliphatic carbocycles. The van der Waals surface area contributed by atoms with Gasteiger partial charge >= 0.3 is 12.0 Å². The summed E-state index contributed by atoms with van der Waals surface area (Å²) in [4.78, 5) is 35.4. The number of urea groups is 1. The fraction of sp³-hybridized carbons (Fsp3) is 0.353. The topological polar surface area (TPSA) is 131 Å². The number of hydrogen-bond acceptors (Lipinski definition) is 6. The van der Waals surface area contributed by atoms with Crippen molar-refractivity contribution in [2.75, 3.05) is 6.54 Å². The first-order chi connectivity index (χ1) is 12.6. The van der Waals surface area contributed by atoms with Crippen LogP contribution in [0.1, 0.15) is 31.1 Å². The largest absolute Gasteiger partial charge is 0.449 e. The van der Waals surface area contributed by atoms with Crippen molar-refractivity contribution in [1.82, 2.24) is 15.4 Å². The molecule has 0 spiro atoms. The Labute approximate surface area is 158 Å². The van der Waals surface area contributed by atoms with Crippen molar-refractivity contribution in [3.63, 3.8) is 0 Å². The van der Waals surface area contributed by atoms with Crippen LogP contribution >= 0.6 is 0 Å². The molecule has 0 aliphatic rings. The van der Waals surface area contributed by atoms with E-state index in [9.17, 15) is 22.8 Å². The van der Waals surface area contributed by atoms with Gasteiger partial charge in [0, 0.05) is 12.6 Å². The van der Waals surface area contributed by atoms with Crippen molar-refractivity contribution in [3.05, 3.63) is 42.5 Å². The first-order valence-corrected chi connectivity index (χ1v) is 9.58. The fourth-order valence-corrected chi connectivity index (χ4v) is 2.88. The van der Waals surface area contributed by atoms with Gasteiger partial charge in [0.15, 0.2) is 6.10 Å². The van der Waals surface area contributed by atoms with Crippen LogP contribution in [-0.4, -0.2) is 45.0 Å². The smallest absolute Gasteiger partial charge is 0.338 e. The van der Waals surface area contributed by atoms with E-state index in [0.29, 0.717) is 0 Å². The van der Waals surface area contributed by atoms with E-state index in [0.717, 1.165) is 6.07 Å². The molecule has 1 atom stereocenters. The minimum Gasteiger partial charge on any atom is -0.449 e. The normalized spacial score (nSPS) is 12.1. The Morgan fingerprint density at radius 2 is 1.89 bits per heavy atom. The lowest BCUT2D eigenvalue weighted by atomic mass is 10.2. The van der Waals surface area contributed by atoms with Gasteiger partial charge in [0.2, 0.25) is 10.0 Å². The molecule has 3 N–H and O–H groups in total. The van der Waals surface area contributed by atoms with Gasteiger partial charge in [0.25, 0.3) is 5.91 Å². The molecule has 9 nitrogen and oxygen atoms in total. The molecule has 0 aliphatic heterocycles. The van der Waals surface area contributed by atoms with Gasteiger partial charge in [-0.05, 0) is 39.0 Å². The first-order valence-electron chi connectivity index (χ1n) is 8.09. The molecule has 0 heterocycles. The third-order valence-corrected chi connectivity index (χ3v) is 4.53. The molecule has 10 heteroatoms. The zero-order chi connectivity index (χ0) is 20.6. The maximum atomic E-state index is 12.2. The molecule has 0 radical (unpaired) electrons. The molecule has 27 heavy (non-hydrogen) atoms. The number of rotatable bonds is 8. The number of ether oxygens (including phenoxy) is 1. The highest BCUT2D eigenvalue weighted by atomic mass is 32.2.